The molecule has 2 rings (SSSR count). The van der Waals surface area contributed by atoms with Crippen LogP contribution in [-0.2, 0) is 7.05 Å². The number of nitriles is 1. The molecule has 0 saturated carbocycles. The number of aromatic nitrogens is 2. The number of nitrogens with one attached hydrogen (secondary N) is 1. The summed E-state index contributed by atoms with van der Waals surface area (Å²) in [6.45, 7) is 2.07. The molecule has 0 aliphatic carbocycles. The Labute approximate surface area is 101 Å². The zero-order valence-electron chi connectivity index (χ0n) is 9.88. The van der Waals surface area contributed by atoms with E-state index in [2.05, 4.69) is 23.3 Å². The van der Waals surface area contributed by atoms with Gasteiger partial charge in [0.15, 0.2) is 0 Å². The number of aryl methyl sites for hydroxylation is 1. The molecule has 2 aromatic rings. The summed E-state index contributed by atoms with van der Waals surface area (Å²) < 4.78 is 1.93. The third kappa shape index (κ3) is 2.45. The molecule has 0 aliphatic rings. The summed E-state index contributed by atoms with van der Waals surface area (Å²) in [6, 6.07) is 9.83. The van der Waals surface area contributed by atoms with Crippen LogP contribution in [0.1, 0.15) is 24.1 Å². The van der Waals surface area contributed by atoms with Crippen molar-refractivity contribution >= 4 is 5.95 Å². The van der Waals surface area contributed by atoms with Crippen LogP contribution in [0.25, 0.3) is 0 Å². The SMILES string of the molecule is CC(Nc1nccn1C)c1ccc(C#N)cc1. The first-order valence-corrected chi connectivity index (χ1v) is 5.44. The molecule has 1 aromatic heterocycles. The Morgan fingerprint density at radius 3 is 2.59 bits per heavy atom. The van der Waals surface area contributed by atoms with Crippen LogP contribution in [0.5, 0.6) is 0 Å². The van der Waals surface area contributed by atoms with E-state index in [4.69, 9.17) is 5.26 Å². The maximum Gasteiger partial charge on any atom is 0.202 e. The highest BCUT2D eigenvalue weighted by atomic mass is 15.2. The molecule has 0 saturated heterocycles. The Bertz CT molecular complexity index is 533. The van der Waals surface area contributed by atoms with Crippen molar-refractivity contribution < 1.29 is 0 Å². The summed E-state index contributed by atoms with van der Waals surface area (Å²) in [4.78, 5) is 4.21. The second kappa shape index (κ2) is 4.71. The lowest BCUT2D eigenvalue weighted by atomic mass is 10.1. The second-order valence-corrected chi connectivity index (χ2v) is 3.96. The lowest BCUT2D eigenvalue weighted by Gasteiger charge is -2.14. The molecule has 4 nitrogen and oxygen atoms in total. The highest BCUT2D eigenvalue weighted by Gasteiger charge is 2.07. The Balaban J connectivity index is 2.12. The third-order valence-corrected chi connectivity index (χ3v) is 2.71. The van der Waals surface area contributed by atoms with Crippen molar-refractivity contribution in [2.45, 2.75) is 13.0 Å². The minimum Gasteiger partial charge on any atom is -0.349 e. The van der Waals surface area contributed by atoms with Crippen LogP contribution < -0.4 is 5.32 Å². The van der Waals surface area contributed by atoms with Crippen molar-refractivity contribution in [2.75, 3.05) is 5.32 Å². The molecule has 1 aromatic carbocycles. The van der Waals surface area contributed by atoms with E-state index < -0.39 is 0 Å². The van der Waals surface area contributed by atoms with E-state index >= 15 is 0 Å². The van der Waals surface area contributed by atoms with Crippen LogP contribution in [0.2, 0.25) is 0 Å². The number of rotatable bonds is 3. The van der Waals surface area contributed by atoms with Gasteiger partial charge in [0.05, 0.1) is 17.7 Å². The van der Waals surface area contributed by atoms with Crippen LogP contribution in [0.3, 0.4) is 0 Å². The van der Waals surface area contributed by atoms with Crippen molar-refractivity contribution in [1.29, 1.82) is 5.26 Å². The molecule has 0 fully saturated rings. The zero-order valence-corrected chi connectivity index (χ0v) is 9.88. The minimum absolute atomic E-state index is 0.156. The maximum absolute atomic E-state index is 8.73. The summed E-state index contributed by atoms with van der Waals surface area (Å²) in [6.07, 6.45) is 3.65. The van der Waals surface area contributed by atoms with Gasteiger partial charge in [0, 0.05) is 19.4 Å². The molecule has 1 heterocycles. The smallest absolute Gasteiger partial charge is 0.202 e. The monoisotopic (exact) mass is 226 g/mol. The van der Waals surface area contributed by atoms with E-state index in [1.165, 1.54) is 0 Å². The van der Waals surface area contributed by atoms with Crippen LogP contribution in [0.15, 0.2) is 36.7 Å². The lowest BCUT2D eigenvalue weighted by Crippen LogP contribution is -2.10. The predicted octanol–water partition coefficient (Wildman–Crippen LogP) is 2.46. The van der Waals surface area contributed by atoms with Crippen molar-refractivity contribution in [2.24, 2.45) is 7.05 Å². The molecule has 1 atom stereocenters. The third-order valence-electron chi connectivity index (χ3n) is 2.71. The summed E-state index contributed by atoms with van der Waals surface area (Å²) in [7, 11) is 1.95. The Morgan fingerprint density at radius 1 is 1.35 bits per heavy atom. The number of benzene rings is 1. The van der Waals surface area contributed by atoms with Gasteiger partial charge in [-0.3, -0.25) is 0 Å². The molecular weight excluding hydrogens is 212 g/mol. The van der Waals surface area contributed by atoms with Crippen LogP contribution in [0, 0.1) is 11.3 Å². The highest BCUT2D eigenvalue weighted by Crippen LogP contribution is 2.17. The average molecular weight is 226 g/mol. The fraction of sp³-hybridized carbons (Fsp3) is 0.231. The molecule has 1 N–H and O–H groups in total. The van der Waals surface area contributed by atoms with E-state index in [9.17, 15) is 0 Å². The number of nitrogens with zero attached hydrogens (tertiary/aromatic N) is 3. The number of hydrogen-bond donors (Lipinski definition) is 1. The minimum atomic E-state index is 0.156. The Kier molecular flexibility index (Phi) is 3.10. The normalized spacial score (nSPS) is 11.8. The zero-order chi connectivity index (χ0) is 12.3. The summed E-state index contributed by atoms with van der Waals surface area (Å²) in [5, 5.41) is 12.0. The van der Waals surface area contributed by atoms with Gasteiger partial charge in [0.25, 0.3) is 0 Å². The van der Waals surface area contributed by atoms with Gasteiger partial charge in [-0.2, -0.15) is 5.26 Å². The van der Waals surface area contributed by atoms with E-state index in [1.807, 2.05) is 42.1 Å². The molecular formula is C13H14N4. The van der Waals surface area contributed by atoms with Gasteiger partial charge in [-0.25, -0.2) is 4.98 Å². The van der Waals surface area contributed by atoms with Gasteiger partial charge in [-0.05, 0) is 24.6 Å². The number of hydrogen-bond acceptors (Lipinski definition) is 3. The number of imidazole rings is 1. The highest BCUT2D eigenvalue weighted by molar-refractivity contribution is 5.36. The van der Waals surface area contributed by atoms with Crippen LogP contribution in [-0.4, -0.2) is 9.55 Å². The Hall–Kier alpha value is -2.28. The summed E-state index contributed by atoms with van der Waals surface area (Å²) >= 11 is 0. The fourth-order valence-electron chi connectivity index (χ4n) is 1.63. The standard InChI is InChI=1S/C13H14N4/c1-10(16-13-15-7-8-17(13)2)12-5-3-11(9-14)4-6-12/h3-8,10H,1-2H3,(H,15,16). The summed E-state index contributed by atoms with van der Waals surface area (Å²) in [5.41, 5.74) is 1.81. The van der Waals surface area contributed by atoms with E-state index in [0.29, 0.717) is 5.56 Å². The van der Waals surface area contributed by atoms with Crippen LogP contribution in [0.4, 0.5) is 5.95 Å². The van der Waals surface area contributed by atoms with Gasteiger partial charge < -0.3 is 9.88 Å². The van der Waals surface area contributed by atoms with Gasteiger partial charge in [-0.1, -0.05) is 12.1 Å². The Morgan fingerprint density at radius 2 is 2.06 bits per heavy atom. The maximum atomic E-state index is 8.73. The van der Waals surface area contributed by atoms with Crippen molar-refractivity contribution in [1.82, 2.24) is 9.55 Å². The van der Waals surface area contributed by atoms with Gasteiger partial charge in [-0.15, -0.1) is 0 Å². The average Bonchev–Trinajstić information content (AvgIpc) is 2.75. The molecule has 4 heteroatoms. The van der Waals surface area contributed by atoms with Crippen molar-refractivity contribution in [3.05, 3.63) is 47.8 Å². The van der Waals surface area contributed by atoms with Crippen molar-refractivity contribution in [3.63, 3.8) is 0 Å². The van der Waals surface area contributed by atoms with Crippen LogP contribution >= 0.6 is 0 Å². The van der Waals surface area contributed by atoms with Gasteiger partial charge >= 0.3 is 0 Å². The molecule has 0 radical (unpaired) electrons. The van der Waals surface area contributed by atoms with E-state index in [-0.39, 0.29) is 6.04 Å². The van der Waals surface area contributed by atoms with Gasteiger partial charge in [0.2, 0.25) is 5.95 Å². The first-order chi connectivity index (χ1) is 8.20. The summed E-state index contributed by atoms with van der Waals surface area (Å²) in [5.74, 6) is 0.835. The van der Waals surface area contributed by atoms with E-state index in [0.717, 1.165) is 11.5 Å². The fourth-order valence-corrected chi connectivity index (χ4v) is 1.63. The molecule has 0 spiro atoms. The largest absolute Gasteiger partial charge is 0.349 e. The lowest BCUT2D eigenvalue weighted by molar-refractivity contribution is 0.823. The van der Waals surface area contributed by atoms with E-state index in [1.54, 1.807) is 6.20 Å². The molecule has 1 unspecified atom stereocenters. The molecule has 86 valence electrons. The first-order valence-electron chi connectivity index (χ1n) is 5.44. The van der Waals surface area contributed by atoms with Gasteiger partial charge in [0.1, 0.15) is 0 Å². The molecule has 0 bridgehead atoms. The van der Waals surface area contributed by atoms with Crippen molar-refractivity contribution in [3.8, 4) is 6.07 Å². The first kappa shape index (κ1) is 11.2. The topological polar surface area (TPSA) is 53.6 Å². The second-order valence-electron chi connectivity index (χ2n) is 3.96. The molecule has 0 aliphatic heterocycles. The predicted molar refractivity (Wildman–Crippen MR) is 66.4 cm³/mol. The number of anilines is 1. The molecule has 17 heavy (non-hydrogen) atoms. The quantitative estimate of drug-likeness (QED) is 0.874. The molecule has 0 amide bonds.